The highest BCUT2D eigenvalue weighted by molar-refractivity contribution is 7.18. The van der Waals surface area contributed by atoms with Gasteiger partial charge >= 0.3 is 0 Å². The molecule has 0 radical (unpaired) electrons. The molecule has 8 heteroatoms. The van der Waals surface area contributed by atoms with Crippen molar-refractivity contribution in [1.29, 1.82) is 0 Å². The maximum Gasteiger partial charge on any atom is 0.262 e. The SMILES string of the molecule is CCc1cc2c(=O)n(CC(=O)Nc3cccc(C(=O)NC4CC4)c3)cnc2s1. The number of benzene rings is 1. The van der Waals surface area contributed by atoms with E-state index in [0.29, 0.717) is 21.5 Å². The number of hydrogen-bond donors (Lipinski definition) is 2. The van der Waals surface area contributed by atoms with E-state index in [0.717, 1.165) is 24.1 Å². The van der Waals surface area contributed by atoms with Gasteiger partial charge in [-0.1, -0.05) is 13.0 Å². The molecule has 0 saturated heterocycles. The van der Waals surface area contributed by atoms with Crippen LogP contribution in [0, 0.1) is 0 Å². The van der Waals surface area contributed by atoms with Crippen LogP contribution >= 0.6 is 11.3 Å². The van der Waals surface area contributed by atoms with Crippen LogP contribution in [0.25, 0.3) is 10.2 Å². The Morgan fingerprint density at radius 2 is 2.11 bits per heavy atom. The second-order valence-corrected chi connectivity index (χ2v) is 7.95. The normalized spacial score (nSPS) is 13.5. The average molecular weight is 396 g/mol. The van der Waals surface area contributed by atoms with E-state index >= 15 is 0 Å². The molecule has 1 saturated carbocycles. The summed E-state index contributed by atoms with van der Waals surface area (Å²) in [7, 11) is 0. The molecule has 2 amide bonds. The highest BCUT2D eigenvalue weighted by Crippen LogP contribution is 2.21. The molecule has 1 aliphatic carbocycles. The highest BCUT2D eigenvalue weighted by atomic mass is 32.1. The first-order chi connectivity index (χ1) is 13.5. The minimum absolute atomic E-state index is 0.141. The van der Waals surface area contributed by atoms with E-state index in [1.165, 1.54) is 22.2 Å². The Hall–Kier alpha value is -3.00. The van der Waals surface area contributed by atoms with Crippen LogP contribution in [0.4, 0.5) is 5.69 Å². The number of carbonyl (C=O) groups excluding carboxylic acids is 2. The number of carbonyl (C=O) groups is 2. The van der Waals surface area contributed by atoms with Gasteiger partial charge in [-0.15, -0.1) is 11.3 Å². The molecule has 0 spiro atoms. The van der Waals surface area contributed by atoms with Crippen LogP contribution in [0.2, 0.25) is 0 Å². The monoisotopic (exact) mass is 396 g/mol. The summed E-state index contributed by atoms with van der Waals surface area (Å²) in [5.41, 5.74) is 0.781. The Labute approximate surface area is 165 Å². The third-order valence-electron chi connectivity index (χ3n) is 4.55. The molecule has 1 aliphatic rings. The van der Waals surface area contributed by atoms with Crippen LogP contribution in [-0.2, 0) is 17.8 Å². The van der Waals surface area contributed by atoms with Crippen LogP contribution in [0.5, 0.6) is 0 Å². The molecule has 0 aliphatic heterocycles. The third-order valence-corrected chi connectivity index (χ3v) is 5.74. The van der Waals surface area contributed by atoms with Crippen molar-refractivity contribution in [2.75, 3.05) is 5.32 Å². The lowest BCUT2D eigenvalue weighted by molar-refractivity contribution is -0.116. The minimum Gasteiger partial charge on any atom is -0.349 e. The number of nitrogens with zero attached hydrogens (tertiary/aromatic N) is 2. The summed E-state index contributed by atoms with van der Waals surface area (Å²) in [5, 5.41) is 6.20. The Balaban J connectivity index is 1.47. The Morgan fingerprint density at radius 1 is 1.29 bits per heavy atom. The number of rotatable bonds is 6. The second kappa shape index (κ2) is 7.55. The summed E-state index contributed by atoms with van der Waals surface area (Å²) in [5.74, 6) is -0.498. The fourth-order valence-electron chi connectivity index (χ4n) is 2.89. The lowest BCUT2D eigenvalue weighted by Crippen LogP contribution is -2.28. The maximum absolute atomic E-state index is 12.6. The van der Waals surface area contributed by atoms with Crippen molar-refractivity contribution >= 4 is 39.1 Å². The van der Waals surface area contributed by atoms with Crippen molar-refractivity contribution in [3.63, 3.8) is 0 Å². The largest absolute Gasteiger partial charge is 0.349 e. The first-order valence-corrected chi connectivity index (χ1v) is 10.0. The third kappa shape index (κ3) is 3.96. The molecule has 1 fully saturated rings. The first kappa shape index (κ1) is 18.4. The van der Waals surface area contributed by atoms with Gasteiger partial charge in [-0.05, 0) is 43.5 Å². The van der Waals surface area contributed by atoms with E-state index in [1.807, 2.05) is 13.0 Å². The van der Waals surface area contributed by atoms with Gasteiger partial charge in [0.25, 0.3) is 11.5 Å². The standard InChI is InChI=1S/C20H20N4O3S/c1-2-15-9-16-19(28-15)21-11-24(20(16)27)10-17(25)22-14-5-3-4-12(8-14)18(26)23-13-6-7-13/h3-5,8-9,11,13H,2,6-7,10H2,1H3,(H,22,25)(H,23,26). The fraction of sp³-hybridized carbons (Fsp3) is 0.300. The Morgan fingerprint density at radius 3 is 2.86 bits per heavy atom. The van der Waals surface area contributed by atoms with Gasteiger partial charge in [-0.3, -0.25) is 19.0 Å². The van der Waals surface area contributed by atoms with Gasteiger partial charge < -0.3 is 10.6 Å². The summed E-state index contributed by atoms with van der Waals surface area (Å²) in [6, 6.07) is 8.87. The summed E-state index contributed by atoms with van der Waals surface area (Å²) in [6.45, 7) is 1.88. The van der Waals surface area contributed by atoms with Crippen LogP contribution < -0.4 is 16.2 Å². The molecule has 0 bridgehead atoms. The number of amides is 2. The van der Waals surface area contributed by atoms with Gasteiger partial charge in [-0.25, -0.2) is 4.98 Å². The van der Waals surface area contributed by atoms with Crippen molar-refractivity contribution in [3.05, 3.63) is 57.5 Å². The van der Waals surface area contributed by atoms with Gasteiger partial charge in [-0.2, -0.15) is 0 Å². The van der Waals surface area contributed by atoms with E-state index < -0.39 is 0 Å². The zero-order valence-corrected chi connectivity index (χ0v) is 16.2. The molecule has 28 heavy (non-hydrogen) atoms. The van der Waals surface area contributed by atoms with Gasteiger partial charge in [0, 0.05) is 22.2 Å². The molecule has 2 N–H and O–H groups in total. The van der Waals surface area contributed by atoms with Crippen molar-refractivity contribution < 1.29 is 9.59 Å². The van der Waals surface area contributed by atoms with Gasteiger partial charge in [0.15, 0.2) is 0 Å². The predicted molar refractivity (Wildman–Crippen MR) is 109 cm³/mol. The molecule has 4 rings (SSSR count). The molecule has 1 aromatic carbocycles. The molecule has 2 aromatic heterocycles. The molecule has 0 unspecified atom stereocenters. The van der Waals surface area contributed by atoms with Crippen LogP contribution in [0.15, 0.2) is 41.5 Å². The molecule has 0 atom stereocenters. The van der Waals surface area contributed by atoms with Crippen molar-refractivity contribution in [2.24, 2.45) is 0 Å². The molecular weight excluding hydrogens is 376 g/mol. The summed E-state index contributed by atoms with van der Waals surface area (Å²) >= 11 is 1.49. The smallest absolute Gasteiger partial charge is 0.262 e. The summed E-state index contributed by atoms with van der Waals surface area (Å²) < 4.78 is 1.30. The number of fused-ring (bicyclic) bond motifs is 1. The van der Waals surface area contributed by atoms with Gasteiger partial charge in [0.1, 0.15) is 11.4 Å². The van der Waals surface area contributed by atoms with Crippen LogP contribution in [0.3, 0.4) is 0 Å². The van der Waals surface area contributed by atoms with Gasteiger partial charge in [0.05, 0.1) is 11.7 Å². The minimum atomic E-state index is -0.353. The quantitative estimate of drug-likeness (QED) is 0.670. The molecule has 2 heterocycles. The topological polar surface area (TPSA) is 93.1 Å². The van der Waals surface area contributed by atoms with Crippen molar-refractivity contribution in [1.82, 2.24) is 14.9 Å². The van der Waals surface area contributed by atoms with E-state index in [1.54, 1.807) is 24.3 Å². The number of hydrogen-bond acceptors (Lipinski definition) is 5. The predicted octanol–water partition coefficient (Wildman–Crippen LogP) is 2.55. The first-order valence-electron chi connectivity index (χ1n) is 9.22. The molecule has 144 valence electrons. The van der Waals surface area contributed by atoms with E-state index in [-0.39, 0.29) is 30.0 Å². The number of anilines is 1. The van der Waals surface area contributed by atoms with Crippen molar-refractivity contribution in [2.45, 2.75) is 38.8 Å². The molecule has 3 aromatic rings. The fourth-order valence-corrected chi connectivity index (χ4v) is 3.81. The van der Waals surface area contributed by atoms with Crippen LogP contribution in [0.1, 0.15) is 35.0 Å². The number of nitrogens with one attached hydrogen (secondary N) is 2. The Bertz CT molecular complexity index is 1110. The number of aromatic nitrogens is 2. The zero-order valence-electron chi connectivity index (χ0n) is 15.4. The zero-order chi connectivity index (χ0) is 19.7. The average Bonchev–Trinajstić information content (AvgIpc) is 3.39. The summed E-state index contributed by atoms with van der Waals surface area (Å²) in [6.07, 6.45) is 4.27. The highest BCUT2D eigenvalue weighted by Gasteiger charge is 2.23. The summed E-state index contributed by atoms with van der Waals surface area (Å²) in [4.78, 5) is 43.2. The lowest BCUT2D eigenvalue weighted by atomic mass is 10.2. The van der Waals surface area contributed by atoms with E-state index in [2.05, 4.69) is 15.6 Å². The maximum atomic E-state index is 12.6. The molecule has 7 nitrogen and oxygen atoms in total. The van der Waals surface area contributed by atoms with E-state index in [9.17, 15) is 14.4 Å². The molecular formula is C20H20N4O3S. The van der Waals surface area contributed by atoms with Crippen LogP contribution in [-0.4, -0.2) is 27.4 Å². The van der Waals surface area contributed by atoms with E-state index in [4.69, 9.17) is 0 Å². The lowest BCUT2D eigenvalue weighted by Gasteiger charge is -2.09. The Kier molecular flexibility index (Phi) is 4.95. The van der Waals surface area contributed by atoms with Crippen molar-refractivity contribution in [3.8, 4) is 0 Å². The van der Waals surface area contributed by atoms with Gasteiger partial charge in [0.2, 0.25) is 5.91 Å². The number of thiophene rings is 1. The second-order valence-electron chi connectivity index (χ2n) is 6.84. The number of aryl methyl sites for hydroxylation is 1.